The highest BCUT2D eigenvalue weighted by molar-refractivity contribution is 7.98. The second-order valence-electron chi connectivity index (χ2n) is 2.53. The number of aromatic nitrogens is 2. The van der Waals surface area contributed by atoms with E-state index in [0.29, 0.717) is 5.56 Å². The maximum absolute atomic E-state index is 8.92. The van der Waals surface area contributed by atoms with E-state index < -0.39 is 0 Å². The molecule has 0 spiro atoms. The Kier molecular flexibility index (Phi) is 1.95. The van der Waals surface area contributed by atoms with Crippen molar-refractivity contribution in [3.05, 3.63) is 30.0 Å². The first-order valence-corrected chi connectivity index (χ1v) is 5.00. The Morgan fingerprint density at radius 3 is 3.08 bits per heavy atom. The van der Waals surface area contributed by atoms with Gasteiger partial charge in [0.25, 0.3) is 0 Å². The molecule has 64 valence electrons. The lowest BCUT2D eigenvalue weighted by Gasteiger charge is -1.88. The van der Waals surface area contributed by atoms with E-state index in [-0.39, 0.29) is 0 Å². The number of fused-ring (bicyclic) bond motifs is 1. The maximum Gasteiger partial charge on any atom is 0.137 e. The van der Waals surface area contributed by atoms with Crippen LogP contribution in [0.3, 0.4) is 0 Å². The highest BCUT2D eigenvalue weighted by Gasteiger charge is 2.09. The predicted octanol–water partition coefficient (Wildman–Crippen LogP) is 1.93. The summed E-state index contributed by atoms with van der Waals surface area (Å²) in [5, 5.41) is 14.0. The van der Waals surface area contributed by atoms with E-state index in [0.717, 1.165) is 10.5 Å². The molecule has 0 N–H and O–H groups in total. The molecule has 2 aromatic heterocycles. The average Bonchev–Trinajstić information content (AvgIpc) is 2.55. The van der Waals surface area contributed by atoms with Crippen molar-refractivity contribution in [3.8, 4) is 6.07 Å². The van der Waals surface area contributed by atoms with Crippen LogP contribution in [0.25, 0.3) is 5.52 Å². The standard InChI is InChI=1S/C9H7N3S/c1-13-9-7(6-10)8-4-2-3-5-12(8)11-9/h2-5H,1H3. The third kappa shape index (κ3) is 1.18. The Hall–Kier alpha value is -1.47. The van der Waals surface area contributed by atoms with Crippen molar-refractivity contribution in [1.82, 2.24) is 9.61 Å². The predicted molar refractivity (Wildman–Crippen MR) is 51.7 cm³/mol. The fourth-order valence-corrected chi connectivity index (χ4v) is 1.75. The minimum Gasteiger partial charge on any atom is -0.238 e. The fourth-order valence-electron chi connectivity index (χ4n) is 1.23. The molecule has 3 nitrogen and oxygen atoms in total. The minimum absolute atomic E-state index is 0.660. The van der Waals surface area contributed by atoms with Crippen LogP contribution in [-0.2, 0) is 0 Å². The van der Waals surface area contributed by atoms with E-state index in [2.05, 4.69) is 11.2 Å². The number of hydrogen-bond donors (Lipinski definition) is 0. The summed E-state index contributed by atoms with van der Waals surface area (Å²) in [6.07, 6.45) is 3.76. The molecular formula is C9H7N3S. The molecule has 4 heteroatoms. The van der Waals surface area contributed by atoms with E-state index in [1.165, 1.54) is 11.8 Å². The van der Waals surface area contributed by atoms with Gasteiger partial charge < -0.3 is 0 Å². The average molecular weight is 189 g/mol. The lowest BCUT2D eigenvalue weighted by Crippen LogP contribution is -1.83. The van der Waals surface area contributed by atoms with Crippen LogP contribution in [0.2, 0.25) is 0 Å². The Bertz CT molecular complexity index is 481. The van der Waals surface area contributed by atoms with Gasteiger partial charge in [0.15, 0.2) is 0 Å². The van der Waals surface area contributed by atoms with Crippen LogP contribution in [0.1, 0.15) is 5.56 Å². The Morgan fingerprint density at radius 1 is 1.54 bits per heavy atom. The summed E-state index contributed by atoms with van der Waals surface area (Å²) in [4.78, 5) is 0. The molecule has 0 amide bonds. The molecule has 0 fully saturated rings. The summed E-state index contributed by atoms with van der Waals surface area (Å²) in [5.74, 6) is 0. The first kappa shape index (κ1) is 8.14. The Balaban J connectivity index is 2.83. The van der Waals surface area contributed by atoms with Gasteiger partial charge in [-0.3, -0.25) is 0 Å². The third-order valence-corrected chi connectivity index (χ3v) is 2.49. The number of thioether (sulfide) groups is 1. The molecule has 13 heavy (non-hydrogen) atoms. The second kappa shape index (κ2) is 3.11. The lowest BCUT2D eigenvalue weighted by atomic mass is 10.3. The van der Waals surface area contributed by atoms with Gasteiger partial charge in [0, 0.05) is 6.20 Å². The van der Waals surface area contributed by atoms with Crippen molar-refractivity contribution in [2.75, 3.05) is 6.26 Å². The van der Waals surface area contributed by atoms with Crippen molar-refractivity contribution >= 4 is 17.3 Å². The van der Waals surface area contributed by atoms with Gasteiger partial charge in [-0.05, 0) is 18.4 Å². The largest absolute Gasteiger partial charge is 0.238 e. The van der Waals surface area contributed by atoms with E-state index in [1.807, 2.05) is 30.7 Å². The normalized spacial score (nSPS) is 10.2. The van der Waals surface area contributed by atoms with E-state index >= 15 is 0 Å². The van der Waals surface area contributed by atoms with E-state index in [9.17, 15) is 0 Å². The summed E-state index contributed by atoms with van der Waals surface area (Å²) in [6.45, 7) is 0. The van der Waals surface area contributed by atoms with Gasteiger partial charge in [0.05, 0.1) is 5.52 Å². The number of pyridine rings is 1. The number of nitriles is 1. The van der Waals surface area contributed by atoms with Crippen molar-refractivity contribution in [1.29, 1.82) is 5.26 Å². The number of nitrogens with zero attached hydrogens (tertiary/aromatic N) is 3. The van der Waals surface area contributed by atoms with E-state index in [1.54, 1.807) is 4.52 Å². The minimum atomic E-state index is 0.660. The van der Waals surface area contributed by atoms with E-state index in [4.69, 9.17) is 5.26 Å². The number of hydrogen-bond acceptors (Lipinski definition) is 3. The monoisotopic (exact) mass is 189 g/mol. The van der Waals surface area contributed by atoms with Gasteiger partial charge in [-0.15, -0.1) is 11.8 Å². The molecule has 0 aliphatic carbocycles. The van der Waals surface area contributed by atoms with Gasteiger partial charge in [-0.25, -0.2) is 4.52 Å². The molecule has 0 saturated heterocycles. The topological polar surface area (TPSA) is 41.1 Å². The highest BCUT2D eigenvalue weighted by atomic mass is 32.2. The van der Waals surface area contributed by atoms with Gasteiger partial charge >= 0.3 is 0 Å². The summed E-state index contributed by atoms with van der Waals surface area (Å²) >= 11 is 1.49. The fraction of sp³-hybridized carbons (Fsp3) is 0.111. The quantitative estimate of drug-likeness (QED) is 0.643. The van der Waals surface area contributed by atoms with Crippen molar-refractivity contribution in [3.63, 3.8) is 0 Å². The summed E-state index contributed by atoms with van der Waals surface area (Å²) in [7, 11) is 0. The smallest absolute Gasteiger partial charge is 0.137 e. The van der Waals surface area contributed by atoms with Crippen LogP contribution in [-0.4, -0.2) is 15.9 Å². The van der Waals surface area contributed by atoms with Gasteiger partial charge in [-0.1, -0.05) is 6.07 Å². The molecule has 0 saturated carbocycles. The highest BCUT2D eigenvalue weighted by Crippen LogP contribution is 2.21. The second-order valence-corrected chi connectivity index (χ2v) is 3.32. The van der Waals surface area contributed by atoms with Crippen LogP contribution >= 0.6 is 11.8 Å². The maximum atomic E-state index is 8.92. The van der Waals surface area contributed by atoms with Crippen LogP contribution in [0.5, 0.6) is 0 Å². The van der Waals surface area contributed by atoms with Crippen LogP contribution in [0.4, 0.5) is 0 Å². The lowest BCUT2D eigenvalue weighted by molar-refractivity contribution is 0.901. The molecule has 0 bridgehead atoms. The SMILES string of the molecule is CSc1nn2ccccc2c1C#N. The molecule has 0 aliphatic rings. The van der Waals surface area contributed by atoms with Gasteiger partial charge in [-0.2, -0.15) is 10.4 Å². The molecule has 0 atom stereocenters. The first-order valence-electron chi connectivity index (χ1n) is 3.78. The molecule has 2 heterocycles. The summed E-state index contributed by atoms with van der Waals surface area (Å²) in [5.41, 5.74) is 1.53. The van der Waals surface area contributed by atoms with Crippen molar-refractivity contribution in [2.45, 2.75) is 5.03 Å². The molecule has 2 aromatic rings. The van der Waals surface area contributed by atoms with Crippen molar-refractivity contribution < 1.29 is 0 Å². The zero-order valence-corrected chi connectivity index (χ0v) is 7.88. The summed E-state index contributed by atoms with van der Waals surface area (Å²) < 4.78 is 1.73. The molecule has 0 radical (unpaired) electrons. The van der Waals surface area contributed by atoms with Crippen LogP contribution < -0.4 is 0 Å². The van der Waals surface area contributed by atoms with Crippen LogP contribution in [0, 0.1) is 11.3 Å². The van der Waals surface area contributed by atoms with Crippen LogP contribution in [0.15, 0.2) is 29.4 Å². The zero-order valence-electron chi connectivity index (χ0n) is 7.06. The van der Waals surface area contributed by atoms with Crippen molar-refractivity contribution in [2.24, 2.45) is 0 Å². The molecular weight excluding hydrogens is 182 g/mol. The molecule has 0 aromatic carbocycles. The Morgan fingerprint density at radius 2 is 2.38 bits per heavy atom. The molecule has 0 aliphatic heterocycles. The molecule has 0 unspecified atom stereocenters. The zero-order chi connectivity index (χ0) is 9.26. The molecule has 2 rings (SSSR count). The first-order chi connectivity index (χ1) is 6.36. The summed E-state index contributed by atoms with van der Waals surface area (Å²) in [6, 6.07) is 7.86. The Labute approximate surface area is 80.0 Å². The third-order valence-electron chi connectivity index (χ3n) is 1.81. The van der Waals surface area contributed by atoms with Gasteiger partial charge in [0.1, 0.15) is 16.7 Å². The van der Waals surface area contributed by atoms with Gasteiger partial charge in [0.2, 0.25) is 0 Å². The number of rotatable bonds is 1.